The number of nitrogens with zero attached hydrogens (tertiary/aromatic N) is 1. The Labute approximate surface area is 108 Å². The molecule has 0 atom stereocenters. The Kier molecular flexibility index (Phi) is 3.91. The van der Waals surface area contributed by atoms with Crippen molar-refractivity contribution >= 4 is 27.7 Å². The lowest BCUT2D eigenvalue weighted by Crippen LogP contribution is -2.31. The summed E-state index contributed by atoms with van der Waals surface area (Å²) in [5, 5.41) is 9.33. The summed E-state index contributed by atoms with van der Waals surface area (Å²) in [6.45, 7) is 1.38. The second-order valence-electron chi connectivity index (χ2n) is 3.78. The summed E-state index contributed by atoms with van der Waals surface area (Å²) in [6, 6.07) is 10.5. The first kappa shape index (κ1) is 12.0. The van der Waals surface area contributed by atoms with Crippen LogP contribution in [0.1, 0.15) is 12.8 Å². The normalized spacial score (nSPS) is 19.0. The molecule has 1 aromatic carbocycles. The van der Waals surface area contributed by atoms with Crippen molar-refractivity contribution in [1.82, 2.24) is 0 Å². The molecule has 16 heavy (non-hydrogen) atoms. The van der Waals surface area contributed by atoms with Crippen LogP contribution >= 0.6 is 27.7 Å². The summed E-state index contributed by atoms with van der Waals surface area (Å²) in [4.78, 5) is 1.14. The minimum atomic E-state index is -0.307. The average Bonchev–Trinajstić information content (AvgIpc) is 2.30. The molecule has 0 bridgehead atoms. The Morgan fingerprint density at radius 1 is 1.38 bits per heavy atom. The van der Waals surface area contributed by atoms with E-state index in [2.05, 4.69) is 28.1 Å². The molecule has 2 rings (SSSR count). The Morgan fingerprint density at radius 3 is 2.75 bits per heavy atom. The first-order valence-electron chi connectivity index (χ1n) is 5.18. The van der Waals surface area contributed by atoms with E-state index in [1.165, 1.54) is 0 Å². The molecule has 1 aliphatic heterocycles. The number of hydrogen-bond acceptors (Lipinski definition) is 3. The SMILES string of the molecule is N#CC1(Sc2cccc(Br)c2)CCOCC1. The third-order valence-electron chi connectivity index (χ3n) is 2.61. The minimum Gasteiger partial charge on any atom is -0.381 e. The molecule has 84 valence electrons. The molecule has 1 fully saturated rings. The lowest BCUT2D eigenvalue weighted by Gasteiger charge is -2.29. The van der Waals surface area contributed by atoms with E-state index in [0.29, 0.717) is 13.2 Å². The highest BCUT2D eigenvalue weighted by Gasteiger charge is 2.33. The summed E-state index contributed by atoms with van der Waals surface area (Å²) in [5.74, 6) is 0. The van der Waals surface area contributed by atoms with E-state index in [1.807, 2.05) is 18.2 Å². The van der Waals surface area contributed by atoms with E-state index in [0.717, 1.165) is 22.2 Å². The van der Waals surface area contributed by atoms with E-state index >= 15 is 0 Å². The van der Waals surface area contributed by atoms with Crippen LogP contribution in [-0.4, -0.2) is 18.0 Å². The van der Waals surface area contributed by atoms with Crippen molar-refractivity contribution in [2.45, 2.75) is 22.5 Å². The molecule has 0 unspecified atom stereocenters. The van der Waals surface area contributed by atoms with Crippen LogP contribution in [0, 0.1) is 11.3 Å². The summed E-state index contributed by atoms with van der Waals surface area (Å²) < 4.78 is 6.06. The van der Waals surface area contributed by atoms with E-state index < -0.39 is 0 Å². The average molecular weight is 298 g/mol. The maximum Gasteiger partial charge on any atom is 0.111 e. The van der Waals surface area contributed by atoms with E-state index in [9.17, 15) is 5.26 Å². The van der Waals surface area contributed by atoms with Gasteiger partial charge in [-0.25, -0.2) is 0 Å². The Balaban J connectivity index is 2.15. The van der Waals surface area contributed by atoms with Gasteiger partial charge in [-0.1, -0.05) is 22.0 Å². The van der Waals surface area contributed by atoms with Crippen LogP contribution in [0.4, 0.5) is 0 Å². The van der Waals surface area contributed by atoms with Gasteiger partial charge in [0.15, 0.2) is 0 Å². The summed E-state index contributed by atoms with van der Waals surface area (Å²) in [6.07, 6.45) is 1.61. The lowest BCUT2D eigenvalue weighted by atomic mass is 10.0. The molecular weight excluding hydrogens is 286 g/mol. The fourth-order valence-electron chi connectivity index (χ4n) is 1.69. The summed E-state index contributed by atoms with van der Waals surface area (Å²) in [5.41, 5.74) is 0. The molecule has 1 aliphatic rings. The van der Waals surface area contributed by atoms with Crippen molar-refractivity contribution in [2.75, 3.05) is 13.2 Å². The largest absolute Gasteiger partial charge is 0.381 e. The molecule has 0 radical (unpaired) electrons. The standard InChI is InChI=1S/C12H12BrNOS/c13-10-2-1-3-11(8-10)16-12(9-14)4-6-15-7-5-12/h1-3,8H,4-7H2. The van der Waals surface area contributed by atoms with Gasteiger partial charge in [0.2, 0.25) is 0 Å². The van der Waals surface area contributed by atoms with Crippen molar-refractivity contribution in [3.8, 4) is 6.07 Å². The van der Waals surface area contributed by atoms with E-state index in [1.54, 1.807) is 11.8 Å². The maximum atomic E-state index is 9.33. The first-order chi connectivity index (χ1) is 7.74. The second kappa shape index (κ2) is 5.22. The predicted octanol–water partition coefficient (Wildman–Crippen LogP) is 3.61. The summed E-state index contributed by atoms with van der Waals surface area (Å²) >= 11 is 5.10. The van der Waals surface area contributed by atoms with E-state index in [4.69, 9.17) is 4.74 Å². The van der Waals surface area contributed by atoms with E-state index in [-0.39, 0.29) is 4.75 Å². The zero-order chi connectivity index (χ0) is 11.4. The number of nitriles is 1. The third kappa shape index (κ3) is 2.79. The van der Waals surface area contributed by atoms with Crippen molar-refractivity contribution < 1.29 is 4.74 Å². The fraction of sp³-hybridized carbons (Fsp3) is 0.417. The number of hydrogen-bond donors (Lipinski definition) is 0. The van der Waals surface area contributed by atoms with Gasteiger partial charge in [0.1, 0.15) is 4.75 Å². The highest BCUT2D eigenvalue weighted by atomic mass is 79.9. The number of halogens is 1. The van der Waals surface area contributed by atoms with Crippen molar-refractivity contribution in [1.29, 1.82) is 5.26 Å². The van der Waals surface area contributed by atoms with Crippen LogP contribution < -0.4 is 0 Å². The van der Waals surface area contributed by atoms with Gasteiger partial charge in [-0.05, 0) is 31.0 Å². The van der Waals surface area contributed by atoms with Crippen LogP contribution in [0.3, 0.4) is 0 Å². The number of thioether (sulfide) groups is 1. The molecule has 1 heterocycles. The Morgan fingerprint density at radius 2 is 2.12 bits per heavy atom. The van der Waals surface area contributed by atoms with Crippen LogP contribution in [0.5, 0.6) is 0 Å². The molecule has 0 aliphatic carbocycles. The Hall–Kier alpha value is -0.500. The van der Waals surface area contributed by atoms with Crippen LogP contribution in [0.25, 0.3) is 0 Å². The van der Waals surface area contributed by atoms with Crippen LogP contribution in [0.15, 0.2) is 33.6 Å². The summed E-state index contributed by atoms with van der Waals surface area (Å²) in [7, 11) is 0. The van der Waals surface area contributed by atoms with Gasteiger partial charge < -0.3 is 4.74 Å². The second-order valence-corrected chi connectivity index (χ2v) is 6.15. The molecule has 1 saturated heterocycles. The van der Waals surface area contributed by atoms with Crippen molar-refractivity contribution in [3.63, 3.8) is 0 Å². The van der Waals surface area contributed by atoms with Crippen LogP contribution in [0.2, 0.25) is 0 Å². The van der Waals surface area contributed by atoms with Gasteiger partial charge in [0.05, 0.1) is 6.07 Å². The molecule has 4 heteroatoms. The first-order valence-corrected chi connectivity index (χ1v) is 6.79. The zero-order valence-corrected chi connectivity index (χ0v) is 11.2. The molecule has 0 aromatic heterocycles. The molecular formula is C12H12BrNOS. The van der Waals surface area contributed by atoms with Crippen LogP contribution in [-0.2, 0) is 4.74 Å². The van der Waals surface area contributed by atoms with Gasteiger partial charge in [0, 0.05) is 22.6 Å². The number of benzene rings is 1. The monoisotopic (exact) mass is 297 g/mol. The third-order valence-corrected chi connectivity index (χ3v) is 4.49. The molecule has 0 amide bonds. The molecule has 0 N–H and O–H groups in total. The van der Waals surface area contributed by atoms with Gasteiger partial charge in [-0.2, -0.15) is 5.26 Å². The van der Waals surface area contributed by atoms with Gasteiger partial charge in [0.25, 0.3) is 0 Å². The molecule has 0 spiro atoms. The highest BCUT2D eigenvalue weighted by molar-refractivity contribution is 9.10. The smallest absolute Gasteiger partial charge is 0.111 e. The lowest BCUT2D eigenvalue weighted by molar-refractivity contribution is 0.0886. The van der Waals surface area contributed by atoms with Gasteiger partial charge in [-0.15, -0.1) is 11.8 Å². The number of ether oxygens (including phenoxy) is 1. The highest BCUT2D eigenvalue weighted by Crippen LogP contribution is 2.40. The van der Waals surface area contributed by atoms with Crippen molar-refractivity contribution in [3.05, 3.63) is 28.7 Å². The molecule has 2 nitrogen and oxygen atoms in total. The van der Waals surface area contributed by atoms with Crippen molar-refractivity contribution in [2.24, 2.45) is 0 Å². The quantitative estimate of drug-likeness (QED) is 0.836. The topological polar surface area (TPSA) is 33.0 Å². The molecule has 1 aromatic rings. The van der Waals surface area contributed by atoms with Gasteiger partial charge in [-0.3, -0.25) is 0 Å². The fourth-order valence-corrected chi connectivity index (χ4v) is 3.44. The Bertz CT molecular complexity index is 410. The zero-order valence-electron chi connectivity index (χ0n) is 8.78. The molecule has 0 saturated carbocycles. The predicted molar refractivity (Wildman–Crippen MR) is 68.4 cm³/mol. The minimum absolute atomic E-state index is 0.307. The van der Waals surface area contributed by atoms with Gasteiger partial charge >= 0.3 is 0 Å². The number of rotatable bonds is 2. The maximum absolute atomic E-state index is 9.33.